The quantitative estimate of drug-likeness (QED) is 0.772. The number of nitrogens with zero attached hydrogens (tertiary/aromatic N) is 2. The van der Waals surface area contributed by atoms with Gasteiger partial charge in [-0.15, -0.1) is 0 Å². The van der Waals surface area contributed by atoms with E-state index in [0.717, 1.165) is 0 Å². The van der Waals surface area contributed by atoms with E-state index in [9.17, 15) is 4.79 Å². The smallest absolute Gasteiger partial charge is 0.331 e. The molecule has 0 fully saturated rings. The first kappa shape index (κ1) is 13.3. The van der Waals surface area contributed by atoms with Gasteiger partial charge in [0.05, 0.1) is 12.4 Å². The maximum Gasteiger partial charge on any atom is 0.331 e. The molecule has 0 unspecified atom stereocenters. The Kier molecular flexibility index (Phi) is 4.75. The van der Waals surface area contributed by atoms with Gasteiger partial charge < -0.3 is 9.84 Å². The summed E-state index contributed by atoms with van der Waals surface area (Å²) in [5, 5.41) is 12.9. The molecule has 1 rings (SSSR count). The predicted octanol–water partition coefficient (Wildman–Crippen LogP) is 2.26. The number of aromatic nitrogens is 2. The molecule has 1 heterocycles. The van der Waals surface area contributed by atoms with E-state index in [-0.39, 0.29) is 12.6 Å². The van der Waals surface area contributed by atoms with Gasteiger partial charge in [-0.1, -0.05) is 6.92 Å². The highest BCUT2D eigenvalue weighted by atomic mass is 16.5. The van der Waals surface area contributed by atoms with Crippen molar-refractivity contribution >= 4 is 5.97 Å². The van der Waals surface area contributed by atoms with Gasteiger partial charge >= 0.3 is 5.97 Å². The maximum atomic E-state index is 10.7. The van der Waals surface area contributed by atoms with Crippen molar-refractivity contribution in [3.05, 3.63) is 24.0 Å². The highest BCUT2D eigenvalue weighted by molar-refractivity contribution is 5.86. The number of carbonyl (C=O) groups is 1. The lowest BCUT2D eigenvalue weighted by atomic mass is 10.2. The van der Waals surface area contributed by atoms with Crippen LogP contribution in [0.3, 0.4) is 0 Å². The molecule has 0 aliphatic heterocycles. The van der Waals surface area contributed by atoms with Crippen molar-refractivity contribution in [2.45, 2.75) is 33.2 Å². The fourth-order valence-corrected chi connectivity index (χ4v) is 1.30. The average molecular weight is 238 g/mol. The Hall–Kier alpha value is -1.78. The normalized spacial score (nSPS) is 11.9. The minimum atomic E-state index is -0.894. The standard InChI is InChI=1S/C12H18N2O3/c1-4-10(12(15)16)5-6-17-11-7-13-14(8-11)9(2)3/h5,7-9H,4,6H2,1-3H3,(H,15,16). The van der Waals surface area contributed by atoms with Crippen LogP contribution in [0, 0.1) is 0 Å². The van der Waals surface area contributed by atoms with Crippen molar-refractivity contribution in [1.82, 2.24) is 9.78 Å². The van der Waals surface area contributed by atoms with Crippen LogP contribution in [0.1, 0.15) is 33.2 Å². The maximum absolute atomic E-state index is 10.7. The lowest BCUT2D eigenvalue weighted by Gasteiger charge is -2.03. The fourth-order valence-electron chi connectivity index (χ4n) is 1.30. The van der Waals surface area contributed by atoms with Gasteiger partial charge in [-0.3, -0.25) is 4.68 Å². The highest BCUT2D eigenvalue weighted by Crippen LogP contribution is 2.12. The third kappa shape index (κ3) is 3.94. The van der Waals surface area contributed by atoms with E-state index in [1.54, 1.807) is 30.1 Å². The molecule has 0 atom stereocenters. The monoisotopic (exact) mass is 238 g/mol. The van der Waals surface area contributed by atoms with Crippen molar-refractivity contribution < 1.29 is 14.6 Å². The topological polar surface area (TPSA) is 64.4 Å². The number of ether oxygens (including phenoxy) is 1. The van der Waals surface area contributed by atoms with E-state index in [0.29, 0.717) is 17.7 Å². The first-order chi connectivity index (χ1) is 8.04. The number of hydrogen-bond donors (Lipinski definition) is 1. The summed E-state index contributed by atoms with van der Waals surface area (Å²) in [6.45, 7) is 6.10. The predicted molar refractivity (Wildman–Crippen MR) is 64.1 cm³/mol. The molecule has 0 bridgehead atoms. The molecule has 0 aromatic carbocycles. The lowest BCUT2D eigenvalue weighted by molar-refractivity contribution is -0.132. The van der Waals surface area contributed by atoms with Gasteiger partial charge in [0.15, 0.2) is 5.75 Å². The van der Waals surface area contributed by atoms with Gasteiger partial charge in [0.1, 0.15) is 6.61 Å². The van der Waals surface area contributed by atoms with E-state index < -0.39 is 5.97 Å². The van der Waals surface area contributed by atoms with Crippen LogP contribution in [0.4, 0.5) is 0 Å². The molecule has 0 saturated carbocycles. The number of aliphatic carboxylic acids is 1. The molecule has 1 aromatic heterocycles. The third-order valence-corrected chi connectivity index (χ3v) is 2.34. The molecule has 0 radical (unpaired) electrons. The Morgan fingerprint density at radius 3 is 2.82 bits per heavy atom. The Morgan fingerprint density at radius 1 is 1.65 bits per heavy atom. The highest BCUT2D eigenvalue weighted by Gasteiger charge is 2.04. The van der Waals surface area contributed by atoms with Gasteiger partial charge in [-0.05, 0) is 26.3 Å². The minimum Gasteiger partial charge on any atom is -0.486 e. The van der Waals surface area contributed by atoms with Crippen LogP contribution in [0.25, 0.3) is 0 Å². The molecular weight excluding hydrogens is 220 g/mol. The van der Waals surface area contributed by atoms with Gasteiger partial charge in [-0.2, -0.15) is 5.10 Å². The molecule has 0 spiro atoms. The second-order valence-corrected chi connectivity index (χ2v) is 3.95. The van der Waals surface area contributed by atoms with Gasteiger partial charge in [0, 0.05) is 11.6 Å². The Labute approximate surface area is 101 Å². The summed E-state index contributed by atoms with van der Waals surface area (Å²) in [6, 6.07) is 0.285. The van der Waals surface area contributed by atoms with Crippen LogP contribution < -0.4 is 4.74 Å². The summed E-state index contributed by atoms with van der Waals surface area (Å²) in [6.07, 6.45) is 5.49. The largest absolute Gasteiger partial charge is 0.486 e. The second-order valence-electron chi connectivity index (χ2n) is 3.95. The second kappa shape index (κ2) is 6.08. The third-order valence-electron chi connectivity index (χ3n) is 2.34. The zero-order chi connectivity index (χ0) is 12.8. The first-order valence-corrected chi connectivity index (χ1v) is 5.63. The molecule has 1 aromatic rings. The van der Waals surface area contributed by atoms with E-state index in [4.69, 9.17) is 9.84 Å². The number of rotatable bonds is 6. The number of carboxylic acid groups (broad SMARTS) is 1. The van der Waals surface area contributed by atoms with Crippen LogP contribution in [-0.4, -0.2) is 27.5 Å². The van der Waals surface area contributed by atoms with Crippen LogP contribution >= 0.6 is 0 Å². The molecular formula is C12H18N2O3. The van der Waals surface area contributed by atoms with Crippen LogP contribution in [0.15, 0.2) is 24.0 Å². The van der Waals surface area contributed by atoms with E-state index in [1.807, 2.05) is 13.8 Å². The number of hydrogen-bond acceptors (Lipinski definition) is 3. The molecule has 17 heavy (non-hydrogen) atoms. The number of carboxylic acids is 1. The molecule has 5 heteroatoms. The first-order valence-electron chi connectivity index (χ1n) is 5.63. The zero-order valence-electron chi connectivity index (χ0n) is 10.4. The summed E-state index contributed by atoms with van der Waals surface area (Å²) in [7, 11) is 0. The van der Waals surface area contributed by atoms with E-state index in [1.165, 1.54) is 0 Å². The van der Waals surface area contributed by atoms with Crippen molar-refractivity contribution in [2.75, 3.05) is 6.61 Å². The van der Waals surface area contributed by atoms with Gasteiger partial charge in [0.2, 0.25) is 0 Å². The molecule has 0 aliphatic rings. The molecule has 0 amide bonds. The van der Waals surface area contributed by atoms with Crippen molar-refractivity contribution in [3.63, 3.8) is 0 Å². The molecule has 0 saturated heterocycles. The lowest BCUT2D eigenvalue weighted by Crippen LogP contribution is -2.03. The van der Waals surface area contributed by atoms with Gasteiger partial charge in [0.25, 0.3) is 0 Å². The Bertz CT molecular complexity index is 408. The van der Waals surface area contributed by atoms with Crippen LogP contribution in [0.2, 0.25) is 0 Å². The molecule has 94 valence electrons. The summed E-state index contributed by atoms with van der Waals surface area (Å²) in [5.74, 6) is -0.246. The Morgan fingerprint density at radius 2 is 2.35 bits per heavy atom. The van der Waals surface area contributed by atoms with Crippen molar-refractivity contribution in [1.29, 1.82) is 0 Å². The summed E-state index contributed by atoms with van der Waals surface area (Å²) in [5.41, 5.74) is 0.362. The minimum absolute atomic E-state index is 0.249. The molecule has 5 nitrogen and oxygen atoms in total. The average Bonchev–Trinajstić information content (AvgIpc) is 2.72. The van der Waals surface area contributed by atoms with E-state index >= 15 is 0 Å². The SMILES string of the molecule is CCC(=CCOc1cnn(C(C)C)c1)C(=O)O. The van der Waals surface area contributed by atoms with E-state index in [2.05, 4.69) is 5.10 Å². The zero-order valence-corrected chi connectivity index (χ0v) is 10.4. The summed E-state index contributed by atoms with van der Waals surface area (Å²) >= 11 is 0. The Balaban J connectivity index is 2.52. The summed E-state index contributed by atoms with van der Waals surface area (Å²) in [4.78, 5) is 10.7. The molecule has 1 N–H and O–H groups in total. The van der Waals surface area contributed by atoms with Crippen molar-refractivity contribution in [2.24, 2.45) is 0 Å². The van der Waals surface area contributed by atoms with Crippen LogP contribution in [-0.2, 0) is 4.79 Å². The fraction of sp³-hybridized carbons (Fsp3) is 0.500. The van der Waals surface area contributed by atoms with Crippen molar-refractivity contribution in [3.8, 4) is 5.75 Å². The summed E-state index contributed by atoms with van der Waals surface area (Å²) < 4.78 is 7.18. The van der Waals surface area contributed by atoms with Crippen LogP contribution in [0.5, 0.6) is 5.75 Å². The molecule has 0 aliphatic carbocycles. The van der Waals surface area contributed by atoms with Gasteiger partial charge in [-0.25, -0.2) is 4.79 Å².